The van der Waals surface area contributed by atoms with Crippen molar-refractivity contribution in [3.05, 3.63) is 4.88 Å². The third-order valence-electron chi connectivity index (χ3n) is 3.53. The van der Waals surface area contributed by atoms with Gasteiger partial charge in [0.15, 0.2) is 5.13 Å². The molecule has 0 radical (unpaired) electrons. The molecule has 1 amide bonds. The Kier molecular flexibility index (Phi) is 5.72. The first-order valence-corrected chi connectivity index (χ1v) is 9.19. The zero-order valence-electron chi connectivity index (χ0n) is 12.5. The maximum Gasteiger partial charge on any atom is 0.265 e. The molecule has 1 aromatic rings. The average Bonchev–Trinajstić information content (AvgIpc) is 2.86. The van der Waals surface area contributed by atoms with Crippen molar-refractivity contribution in [2.75, 3.05) is 36.5 Å². The van der Waals surface area contributed by atoms with Crippen LogP contribution in [0.1, 0.15) is 29.4 Å². The maximum absolute atomic E-state index is 12.2. The van der Waals surface area contributed by atoms with E-state index in [9.17, 15) is 4.79 Å². The molecule has 0 saturated carbocycles. The summed E-state index contributed by atoms with van der Waals surface area (Å²) in [6, 6.07) is 0.170. The van der Waals surface area contributed by atoms with Gasteiger partial charge in [0.05, 0.1) is 0 Å². The van der Waals surface area contributed by atoms with Crippen molar-refractivity contribution in [2.24, 2.45) is 5.73 Å². The first-order chi connectivity index (χ1) is 10.0. The number of anilines is 2. The van der Waals surface area contributed by atoms with Crippen LogP contribution in [0.25, 0.3) is 0 Å². The minimum absolute atomic E-state index is 0.140. The van der Waals surface area contributed by atoms with Crippen LogP contribution in [0.15, 0.2) is 0 Å². The summed E-state index contributed by atoms with van der Waals surface area (Å²) in [5.41, 5.74) is 11.9. The molecule has 0 bridgehead atoms. The molecular weight excluding hydrogens is 306 g/mol. The van der Waals surface area contributed by atoms with Crippen LogP contribution in [0.3, 0.4) is 0 Å². The van der Waals surface area contributed by atoms with Crippen LogP contribution in [-0.4, -0.2) is 48.1 Å². The van der Waals surface area contributed by atoms with Crippen molar-refractivity contribution in [2.45, 2.75) is 31.1 Å². The number of piperidine rings is 1. The van der Waals surface area contributed by atoms with Gasteiger partial charge in [0.25, 0.3) is 5.91 Å². The van der Waals surface area contributed by atoms with E-state index in [-0.39, 0.29) is 11.9 Å². The van der Waals surface area contributed by atoms with Crippen molar-refractivity contribution >= 4 is 40.0 Å². The number of amides is 1. The molecule has 1 saturated heterocycles. The maximum atomic E-state index is 12.2. The van der Waals surface area contributed by atoms with Crippen LogP contribution in [0.4, 0.5) is 10.9 Å². The number of aromatic nitrogens is 1. The van der Waals surface area contributed by atoms with Crippen LogP contribution >= 0.6 is 23.1 Å². The lowest BCUT2D eigenvalue weighted by molar-refractivity contribution is 0.0959. The molecule has 6 nitrogen and oxygen atoms in total. The molecule has 2 heterocycles. The van der Waals surface area contributed by atoms with Crippen molar-refractivity contribution < 1.29 is 4.79 Å². The fourth-order valence-corrected chi connectivity index (χ4v) is 3.39. The lowest BCUT2D eigenvalue weighted by atomic mass is 10.1. The van der Waals surface area contributed by atoms with Gasteiger partial charge in [-0.25, -0.2) is 4.98 Å². The molecule has 0 spiro atoms. The second kappa shape index (κ2) is 7.33. The number of nitrogen functional groups attached to an aromatic ring is 1. The van der Waals surface area contributed by atoms with Crippen molar-refractivity contribution in [1.82, 2.24) is 10.3 Å². The molecule has 2 atom stereocenters. The van der Waals surface area contributed by atoms with Gasteiger partial charge in [-0.05, 0) is 19.1 Å². The molecule has 1 aliphatic rings. The fourth-order valence-electron chi connectivity index (χ4n) is 2.20. The minimum atomic E-state index is -0.140. The van der Waals surface area contributed by atoms with E-state index in [1.54, 1.807) is 11.8 Å². The Morgan fingerprint density at radius 2 is 2.43 bits per heavy atom. The molecule has 0 aliphatic carbocycles. The number of carbonyl (C=O) groups excluding carboxylic acids is 1. The van der Waals surface area contributed by atoms with Crippen molar-refractivity contribution in [3.63, 3.8) is 0 Å². The quantitative estimate of drug-likeness (QED) is 0.749. The molecule has 21 heavy (non-hydrogen) atoms. The van der Waals surface area contributed by atoms with Crippen LogP contribution in [0.5, 0.6) is 0 Å². The molecule has 1 aliphatic heterocycles. The molecule has 0 aromatic carbocycles. The number of thiazole rings is 1. The third-order valence-corrected chi connectivity index (χ3v) is 5.63. The smallest absolute Gasteiger partial charge is 0.265 e. The molecule has 1 fully saturated rings. The summed E-state index contributed by atoms with van der Waals surface area (Å²) in [5.74, 6) is 0.168. The highest BCUT2D eigenvalue weighted by Gasteiger charge is 2.23. The molecule has 2 unspecified atom stereocenters. The Hall–Kier alpha value is -0.990. The highest BCUT2D eigenvalue weighted by Crippen LogP contribution is 2.29. The molecule has 1 aromatic heterocycles. The average molecular weight is 329 g/mol. The van der Waals surface area contributed by atoms with Gasteiger partial charge in [0, 0.05) is 30.9 Å². The number of nitrogens with zero attached hydrogens (tertiary/aromatic N) is 2. The zero-order chi connectivity index (χ0) is 15.4. The molecule has 2 rings (SSSR count). The lowest BCUT2D eigenvalue weighted by Crippen LogP contribution is -2.42. The first-order valence-electron chi connectivity index (χ1n) is 7.09. The van der Waals surface area contributed by atoms with E-state index >= 15 is 0 Å². The van der Waals surface area contributed by atoms with Crippen LogP contribution in [0.2, 0.25) is 0 Å². The topological polar surface area (TPSA) is 97.3 Å². The summed E-state index contributed by atoms with van der Waals surface area (Å²) >= 11 is 3.06. The highest BCUT2D eigenvalue weighted by atomic mass is 32.2. The summed E-state index contributed by atoms with van der Waals surface area (Å²) in [6.45, 7) is 4.39. The van der Waals surface area contributed by atoms with Gasteiger partial charge in [-0.15, -0.1) is 0 Å². The summed E-state index contributed by atoms with van der Waals surface area (Å²) in [4.78, 5) is 19.1. The summed E-state index contributed by atoms with van der Waals surface area (Å²) in [5, 5.41) is 4.08. The normalized spacial score (nSPS) is 20.3. The van der Waals surface area contributed by atoms with Gasteiger partial charge >= 0.3 is 0 Å². The van der Waals surface area contributed by atoms with Gasteiger partial charge in [0.2, 0.25) is 0 Å². The van der Waals surface area contributed by atoms with E-state index in [2.05, 4.69) is 22.1 Å². The second-order valence-corrected chi connectivity index (χ2v) is 7.57. The third kappa shape index (κ3) is 4.24. The van der Waals surface area contributed by atoms with Crippen molar-refractivity contribution in [3.8, 4) is 0 Å². The van der Waals surface area contributed by atoms with E-state index in [0.29, 0.717) is 22.5 Å². The van der Waals surface area contributed by atoms with Gasteiger partial charge in [-0.3, -0.25) is 4.79 Å². The Balaban J connectivity index is 2.02. The van der Waals surface area contributed by atoms with Gasteiger partial charge in [-0.1, -0.05) is 18.3 Å². The van der Waals surface area contributed by atoms with E-state index in [1.807, 2.05) is 6.26 Å². The van der Waals surface area contributed by atoms with E-state index in [4.69, 9.17) is 11.5 Å². The van der Waals surface area contributed by atoms with Crippen molar-refractivity contribution in [1.29, 1.82) is 0 Å². The standard InChI is InChI=1S/C13H23N5OS2/c1-8(20-2)6-16-12(19)10-11(15)17-13(21-10)18-5-3-4-9(14)7-18/h8-9H,3-7,14-15H2,1-2H3,(H,16,19). The monoisotopic (exact) mass is 329 g/mol. The number of hydrogen-bond acceptors (Lipinski definition) is 7. The predicted octanol–water partition coefficient (Wildman–Crippen LogP) is 1.13. The lowest BCUT2D eigenvalue weighted by Gasteiger charge is -2.30. The Morgan fingerprint density at radius 3 is 3.10 bits per heavy atom. The summed E-state index contributed by atoms with van der Waals surface area (Å²) in [7, 11) is 0. The molecular formula is C13H23N5OS2. The number of nitrogens with two attached hydrogens (primary N) is 2. The fraction of sp³-hybridized carbons (Fsp3) is 0.692. The van der Waals surface area contributed by atoms with E-state index < -0.39 is 0 Å². The molecule has 118 valence electrons. The number of hydrogen-bond donors (Lipinski definition) is 3. The largest absolute Gasteiger partial charge is 0.382 e. The molecule has 5 N–H and O–H groups in total. The van der Waals surface area contributed by atoms with Crippen LogP contribution < -0.4 is 21.7 Å². The molecule has 8 heteroatoms. The van der Waals surface area contributed by atoms with Crippen LogP contribution in [-0.2, 0) is 0 Å². The highest BCUT2D eigenvalue weighted by molar-refractivity contribution is 7.99. The minimum Gasteiger partial charge on any atom is -0.382 e. The number of carbonyl (C=O) groups is 1. The predicted molar refractivity (Wildman–Crippen MR) is 91.3 cm³/mol. The Bertz CT molecular complexity index is 493. The number of thioether (sulfide) groups is 1. The van der Waals surface area contributed by atoms with Gasteiger partial charge in [0.1, 0.15) is 10.7 Å². The van der Waals surface area contributed by atoms with Gasteiger partial charge < -0.3 is 21.7 Å². The Morgan fingerprint density at radius 1 is 1.67 bits per heavy atom. The first kappa shape index (κ1) is 16.4. The van der Waals surface area contributed by atoms with E-state index in [1.165, 1.54) is 11.3 Å². The zero-order valence-corrected chi connectivity index (χ0v) is 14.1. The van der Waals surface area contributed by atoms with E-state index in [0.717, 1.165) is 31.1 Å². The summed E-state index contributed by atoms with van der Waals surface area (Å²) < 4.78 is 0. The number of rotatable bonds is 5. The second-order valence-electron chi connectivity index (χ2n) is 5.32. The summed E-state index contributed by atoms with van der Waals surface area (Å²) in [6.07, 6.45) is 4.11. The van der Waals surface area contributed by atoms with Gasteiger partial charge in [-0.2, -0.15) is 11.8 Å². The SMILES string of the molecule is CSC(C)CNC(=O)c1sc(N2CCCC(N)C2)nc1N. The Labute approximate surface area is 133 Å². The number of nitrogens with one attached hydrogen (secondary N) is 1. The van der Waals surface area contributed by atoms with Crippen LogP contribution in [0, 0.1) is 0 Å².